The van der Waals surface area contributed by atoms with Crippen LogP contribution in [-0.4, -0.2) is 38.0 Å². The summed E-state index contributed by atoms with van der Waals surface area (Å²) in [6.45, 7) is 4.18. The van der Waals surface area contributed by atoms with E-state index in [-0.39, 0.29) is 29.7 Å². The highest BCUT2D eigenvalue weighted by Crippen LogP contribution is 2.31. The maximum Gasteiger partial charge on any atom is 0.347 e. The van der Waals surface area contributed by atoms with Crippen LogP contribution < -0.4 is 5.32 Å². The van der Waals surface area contributed by atoms with Crippen LogP contribution in [0.25, 0.3) is 0 Å². The maximum atomic E-state index is 11.7. The van der Waals surface area contributed by atoms with Crippen molar-refractivity contribution >= 4 is 23.5 Å². The summed E-state index contributed by atoms with van der Waals surface area (Å²) >= 11 is 0. The van der Waals surface area contributed by atoms with Gasteiger partial charge < -0.3 is 15.5 Å². The van der Waals surface area contributed by atoms with Crippen molar-refractivity contribution in [1.29, 1.82) is 0 Å². The number of amides is 1. The Balaban J connectivity index is 3.90. The molecule has 0 aromatic carbocycles. The molecule has 0 fully saturated rings. The fourth-order valence-corrected chi connectivity index (χ4v) is 2.56. The summed E-state index contributed by atoms with van der Waals surface area (Å²) in [5.74, 6) is -4.58. The molecule has 1 aromatic heterocycles. The number of carboxylic acid groups (broad SMARTS) is 2. The van der Waals surface area contributed by atoms with E-state index in [1.165, 1.54) is 0 Å². The highest BCUT2D eigenvalue weighted by atomic mass is 16.6. The summed E-state index contributed by atoms with van der Waals surface area (Å²) in [6.07, 6.45) is 1.09. The molecule has 1 heterocycles. The predicted octanol–water partition coefficient (Wildman–Crippen LogP) is 0.615. The third-order valence-corrected chi connectivity index (χ3v) is 3.54. The van der Waals surface area contributed by atoms with Crippen LogP contribution in [0.15, 0.2) is 6.20 Å². The number of hydrogen-bond donors (Lipinski definition) is 3. The Bertz CT molecular complexity index is 701. The number of nitro groups is 1. The molecule has 1 amide bonds. The molecule has 0 atom stereocenters. The lowest BCUT2D eigenvalue weighted by atomic mass is 9.87. The van der Waals surface area contributed by atoms with Gasteiger partial charge in [-0.05, 0) is 18.4 Å². The first kappa shape index (κ1) is 19.0. The van der Waals surface area contributed by atoms with Crippen LogP contribution in [0, 0.1) is 10.1 Å². The molecule has 24 heavy (non-hydrogen) atoms. The lowest BCUT2D eigenvalue weighted by Crippen LogP contribution is -2.58. The van der Waals surface area contributed by atoms with Crippen LogP contribution in [0.4, 0.5) is 5.69 Å². The van der Waals surface area contributed by atoms with Crippen molar-refractivity contribution in [3.8, 4) is 0 Å². The first-order chi connectivity index (χ1) is 11.1. The largest absolute Gasteiger partial charge is 0.479 e. The maximum absolute atomic E-state index is 11.7. The zero-order chi connectivity index (χ0) is 18.7. The minimum atomic E-state index is -2.82. The SMILES string of the molecule is CCc1c([N+](=O)[O-])cnc(C(NC(C)=O)(C(=O)O)C(=O)O)c1CC. The van der Waals surface area contributed by atoms with Gasteiger partial charge in [-0.25, -0.2) is 9.59 Å². The third-order valence-electron chi connectivity index (χ3n) is 3.54. The number of carbonyl (C=O) groups is 3. The summed E-state index contributed by atoms with van der Waals surface area (Å²) in [4.78, 5) is 49.0. The van der Waals surface area contributed by atoms with E-state index in [2.05, 4.69) is 4.98 Å². The molecule has 0 radical (unpaired) electrons. The topological polar surface area (TPSA) is 160 Å². The van der Waals surface area contributed by atoms with Gasteiger partial charge in [-0.15, -0.1) is 0 Å². The monoisotopic (exact) mass is 339 g/mol. The molecule has 0 unspecified atom stereocenters. The number of hydrogen-bond acceptors (Lipinski definition) is 6. The summed E-state index contributed by atoms with van der Waals surface area (Å²) in [5, 5.41) is 32.0. The van der Waals surface area contributed by atoms with E-state index >= 15 is 0 Å². The van der Waals surface area contributed by atoms with Crippen molar-refractivity contribution in [2.75, 3.05) is 0 Å². The van der Waals surface area contributed by atoms with Crippen LogP contribution in [-0.2, 0) is 32.8 Å². The van der Waals surface area contributed by atoms with Gasteiger partial charge in [0.05, 0.1) is 10.6 Å². The molecule has 1 rings (SSSR count). The van der Waals surface area contributed by atoms with Crippen LogP contribution in [0.5, 0.6) is 0 Å². The van der Waals surface area contributed by atoms with Crippen molar-refractivity contribution in [2.45, 2.75) is 39.2 Å². The summed E-state index contributed by atoms with van der Waals surface area (Å²) in [5.41, 5.74) is -3.29. The lowest BCUT2D eigenvalue weighted by molar-refractivity contribution is -0.385. The Labute approximate surface area is 136 Å². The highest BCUT2D eigenvalue weighted by molar-refractivity contribution is 6.06. The van der Waals surface area contributed by atoms with Gasteiger partial charge in [0, 0.05) is 12.5 Å². The predicted molar refractivity (Wildman–Crippen MR) is 80.4 cm³/mol. The number of aliphatic carboxylic acids is 2. The van der Waals surface area contributed by atoms with Gasteiger partial charge >= 0.3 is 11.9 Å². The van der Waals surface area contributed by atoms with E-state index in [9.17, 15) is 34.7 Å². The number of rotatable bonds is 7. The molecule has 0 aliphatic rings. The molecule has 0 aliphatic carbocycles. The standard InChI is InChI=1S/C14H17N3O7/c1-4-8-9(5-2)11(15-6-10(8)17(23)24)14(12(19)20,13(21)22)16-7(3)18/h6H,4-5H2,1-3H3,(H,16,18)(H,19,20)(H,21,22). The van der Waals surface area contributed by atoms with Gasteiger partial charge in [-0.3, -0.25) is 19.9 Å². The number of aromatic nitrogens is 1. The zero-order valence-electron chi connectivity index (χ0n) is 13.3. The van der Waals surface area contributed by atoms with Gasteiger partial charge in [0.2, 0.25) is 5.91 Å². The minimum absolute atomic E-state index is 0.106. The molecule has 0 saturated carbocycles. The first-order valence-electron chi connectivity index (χ1n) is 7.04. The van der Waals surface area contributed by atoms with Crippen LogP contribution in [0.2, 0.25) is 0 Å². The molecule has 0 saturated heterocycles. The van der Waals surface area contributed by atoms with Crippen molar-refractivity contribution in [2.24, 2.45) is 0 Å². The van der Waals surface area contributed by atoms with Gasteiger partial charge in [0.15, 0.2) is 0 Å². The van der Waals surface area contributed by atoms with Gasteiger partial charge in [-0.1, -0.05) is 13.8 Å². The second-order valence-corrected chi connectivity index (χ2v) is 4.95. The van der Waals surface area contributed by atoms with E-state index in [0.717, 1.165) is 13.1 Å². The fraction of sp³-hybridized carbons (Fsp3) is 0.429. The smallest absolute Gasteiger partial charge is 0.347 e. The quantitative estimate of drug-likeness (QED) is 0.370. The average molecular weight is 339 g/mol. The summed E-state index contributed by atoms with van der Waals surface area (Å²) in [7, 11) is 0. The molecular weight excluding hydrogens is 322 g/mol. The normalized spacial score (nSPS) is 11.0. The zero-order valence-corrected chi connectivity index (χ0v) is 13.3. The van der Waals surface area contributed by atoms with E-state index in [0.29, 0.717) is 0 Å². The van der Waals surface area contributed by atoms with Gasteiger partial charge in [-0.2, -0.15) is 0 Å². The molecule has 1 aromatic rings. The molecule has 10 heteroatoms. The second kappa shape index (κ2) is 7.02. The second-order valence-electron chi connectivity index (χ2n) is 4.95. The van der Waals surface area contributed by atoms with Gasteiger partial charge in [0.25, 0.3) is 11.2 Å². The average Bonchev–Trinajstić information content (AvgIpc) is 2.49. The Hall–Kier alpha value is -3.04. The highest BCUT2D eigenvalue weighted by Gasteiger charge is 2.52. The third kappa shape index (κ3) is 3.03. The minimum Gasteiger partial charge on any atom is -0.479 e. The molecule has 3 N–H and O–H groups in total. The number of nitrogens with zero attached hydrogens (tertiary/aromatic N) is 2. The van der Waals surface area contributed by atoms with E-state index in [4.69, 9.17) is 0 Å². The summed E-state index contributed by atoms with van der Waals surface area (Å²) < 4.78 is 0. The number of pyridine rings is 1. The van der Waals surface area contributed by atoms with E-state index < -0.39 is 34.0 Å². The van der Waals surface area contributed by atoms with Crippen LogP contribution >= 0.6 is 0 Å². The summed E-state index contributed by atoms with van der Waals surface area (Å²) in [6, 6.07) is 0. The van der Waals surface area contributed by atoms with Crippen molar-refractivity contribution in [3.63, 3.8) is 0 Å². The van der Waals surface area contributed by atoms with Crippen molar-refractivity contribution < 1.29 is 29.5 Å². The van der Waals surface area contributed by atoms with Gasteiger partial charge in [0.1, 0.15) is 6.20 Å². The molecule has 130 valence electrons. The number of nitrogens with one attached hydrogen (secondary N) is 1. The Morgan fingerprint density at radius 1 is 1.21 bits per heavy atom. The van der Waals surface area contributed by atoms with Crippen LogP contribution in [0.1, 0.15) is 37.6 Å². The molecular formula is C14H17N3O7. The molecule has 0 bridgehead atoms. The fourth-order valence-electron chi connectivity index (χ4n) is 2.56. The number of carbonyl (C=O) groups excluding carboxylic acids is 1. The number of carboxylic acids is 2. The molecule has 10 nitrogen and oxygen atoms in total. The van der Waals surface area contributed by atoms with Crippen molar-refractivity contribution in [1.82, 2.24) is 10.3 Å². The Kier molecular flexibility index (Phi) is 5.56. The lowest BCUT2D eigenvalue weighted by Gasteiger charge is -2.27. The Morgan fingerprint density at radius 3 is 2.04 bits per heavy atom. The van der Waals surface area contributed by atoms with Crippen molar-refractivity contribution in [3.05, 3.63) is 33.1 Å². The van der Waals surface area contributed by atoms with E-state index in [1.54, 1.807) is 13.8 Å². The Morgan fingerprint density at radius 2 is 1.71 bits per heavy atom. The van der Waals surface area contributed by atoms with Crippen LogP contribution in [0.3, 0.4) is 0 Å². The first-order valence-corrected chi connectivity index (χ1v) is 7.04. The molecule has 0 aliphatic heterocycles. The molecule has 0 spiro atoms. The van der Waals surface area contributed by atoms with E-state index in [1.807, 2.05) is 5.32 Å².